The standard InChI is InChI=1S/C13H15Cl2N3O/c1-19-5-4-18-9-11(8-17-18)16-7-10-2-3-12(14)13(15)6-10/h2-3,6,8-9,16H,4-5,7H2,1H3. The molecule has 4 nitrogen and oxygen atoms in total. The molecule has 2 aromatic rings. The van der Waals surface area contributed by atoms with Crippen molar-refractivity contribution in [2.24, 2.45) is 0 Å². The molecule has 0 unspecified atom stereocenters. The third-order valence-corrected chi connectivity index (χ3v) is 3.38. The van der Waals surface area contributed by atoms with Gasteiger partial charge in [-0.05, 0) is 17.7 Å². The van der Waals surface area contributed by atoms with Crippen molar-refractivity contribution in [1.29, 1.82) is 0 Å². The predicted octanol–water partition coefficient (Wildman–Crippen LogP) is 3.45. The van der Waals surface area contributed by atoms with Crippen LogP contribution >= 0.6 is 23.2 Å². The SMILES string of the molecule is COCCn1cc(NCc2ccc(Cl)c(Cl)c2)cn1. The molecule has 6 heteroatoms. The summed E-state index contributed by atoms with van der Waals surface area (Å²) >= 11 is 11.8. The fourth-order valence-electron chi connectivity index (χ4n) is 1.62. The quantitative estimate of drug-likeness (QED) is 0.888. The number of aromatic nitrogens is 2. The van der Waals surface area contributed by atoms with Gasteiger partial charge in [0.15, 0.2) is 0 Å². The molecule has 0 bridgehead atoms. The van der Waals surface area contributed by atoms with E-state index in [1.54, 1.807) is 19.4 Å². The first kappa shape index (κ1) is 14.2. The van der Waals surface area contributed by atoms with Gasteiger partial charge in [0.05, 0.1) is 35.1 Å². The highest BCUT2D eigenvalue weighted by molar-refractivity contribution is 6.42. The second-order valence-electron chi connectivity index (χ2n) is 4.09. The van der Waals surface area contributed by atoms with Gasteiger partial charge in [-0.3, -0.25) is 4.68 Å². The van der Waals surface area contributed by atoms with Crippen LogP contribution in [0.4, 0.5) is 5.69 Å². The maximum atomic E-state index is 5.97. The molecule has 0 saturated heterocycles. The zero-order valence-electron chi connectivity index (χ0n) is 10.6. The molecular formula is C13H15Cl2N3O. The lowest BCUT2D eigenvalue weighted by Gasteiger charge is -2.05. The first-order chi connectivity index (χ1) is 9.19. The molecule has 0 atom stereocenters. The maximum Gasteiger partial charge on any atom is 0.0729 e. The number of nitrogens with zero attached hydrogens (tertiary/aromatic N) is 2. The van der Waals surface area contributed by atoms with Crippen LogP contribution in [-0.2, 0) is 17.8 Å². The zero-order chi connectivity index (χ0) is 13.7. The molecule has 0 fully saturated rings. The molecule has 1 N–H and O–H groups in total. The largest absolute Gasteiger partial charge is 0.383 e. The number of hydrogen-bond donors (Lipinski definition) is 1. The monoisotopic (exact) mass is 299 g/mol. The number of rotatable bonds is 6. The van der Waals surface area contributed by atoms with Crippen molar-refractivity contribution in [3.05, 3.63) is 46.2 Å². The fourth-order valence-corrected chi connectivity index (χ4v) is 1.94. The van der Waals surface area contributed by atoms with E-state index in [9.17, 15) is 0 Å². The molecule has 0 saturated carbocycles. The van der Waals surface area contributed by atoms with E-state index in [0.717, 1.165) is 17.8 Å². The van der Waals surface area contributed by atoms with E-state index in [-0.39, 0.29) is 0 Å². The van der Waals surface area contributed by atoms with E-state index < -0.39 is 0 Å². The lowest BCUT2D eigenvalue weighted by Crippen LogP contribution is -2.04. The highest BCUT2D eigenvalue weighted by Crippen LogP contribution is 2.23. The Morgan fingerprint density at radius 1 is 1.32 bits per heavy atom. The van der Waals surface area contributed by atoms with Crippen LogP contribution in [0.5, 0.6) is 0 Å². The molecule has 1 heterocycles. The van der Waals surface area contributed by atoms with Gasteiger partial charge >= 0.3 is 0 Å². The third-order valence-electron chi connectivity index (χ3n) is 2.64. The Labute approximate surface area is 122 Å². The average Bonchev–Trinajstić information content (AvgIpc) is 2.86. The Morgan fingerprint density at radius 3 is 2.89 bits per heavy atom. The van der Waals surface area contributed by atoms with Crippen molar-refractivity contribution in [1.82, 2.24) is 9.78 Å². The van der Waals surface area contributed by atoms with Crippen molar-refractivity contribution < 1.29 is 4.74 Å². The minimum absolute atomic E-state index is 0.566. The van der Waals surface area contributed by atoms with Crippen LogP contribution in [0, 0.1) is 0 Å². The third kappa shape index (κ3) is 4.13. The summed E-state index contributed by atoms with van der Waals surface area (Å²) < 4.78 is 6.83. The number of hydrogen-bond acceptors (Lipinski definition) is 3. The van der Waals surface area contributed by atoms with Gasteiger partial charge in [-0.1, -0.05) is 29.3 Å². The summed E-state index contributed by atoms with van der Waals surface area (Å²) in [4.78, 5) is 0. The first-order valence-corrected chi connectivity index (χ1v) is 6.64. The Hall–Kier alpha value is -1.23. The van der Waals surface area contributed by atoms with Crippen molar-refractivity contribution in [3.8, 4) is 0 Å². The molecule has 0 aliphatic carbocycles. The second-order valence-corrected chi connectivity index (χ2v) is 4.90. The smallest absolute Gasteiger partial charge is 0.0729 e. The van der Waals surface area contributed by atoms with E-state index in [1.807, 2.05) is 23.0 Å². The summed E-state index contributed by atoms with van der Waals surface area (Å²) in [5.74, 6) is 0. The topological polar surface area (TPSA) is 39.1 Å². The van der Waals surface area contributed by atoms with Gasteiger partial charge in [-0.25, -0.2) is 0 Å². The highest BCUT2D eigenvalue weighted by Gasteiger charge is 2.01. The molecule has 0 aliphatic heterocycles. The minimum atomic E-state index is 0.566. The van der Waals surface area contributed by atoms with E-state index in [0.29, 0.717) is 23.2 Å². The summed E-state index contributed by atoms with van der Waals surface area (Å²) in [6.07, 6.45) is 3.73. The zero-order valence-corrected chi connectivity index (χ0v) is 12.1. The molecular weight excluding hydrogens is 285 g/mol. The normalized spacial score (nSPS) is 10.7. The molecule has 1 aromatic carbocycles. The van der Waals surface area contributed by atoms with Crippen LogP contribution in [0.1, 0.15) is 5.56 Å². The van der Waals surface area contributed by atoms with Crippen molar-refractivity contribution in [2.75, 3.05) is 19.0 Å². The Bertz CT molecular complexity index is 542. The molecule has 0 aliphatic rings. The number of methoxy groups -OCH3 is 1. The number of halogens is 2. The Balaban J connectivity index is 1.91. The molecule has 0 amide bonds. The molecule has 2 rings (SSSR count). The van der Waals surface area contributed by atoms with Crippen LogP contribution in [0.3, 0.4) is 0 Å². The molecule has 0 radical (unpaired) electrons. The maximum absolute atomic E-state index is 5.97. The van der Waals surface area contributed by atoms with Gasteiger partial charge in [0.25, 0.3) is 0 Å². The number of ether oxygens (including phenoxy) is 1. The van der Waals surface area contributed by atoms with E-state index in [2.05, 4.69) is 10.4 Å². The van der Waals surface area contributed by atoms with Crippen LogP contribution in [0.25, 0.3) is 0 Å². The molecule has 102 valence electrons. The van der Waals surface area contributed by atoms with Gasteiger partial charge in [-0.15, -0.1) is 0 Å². The van der Waals surface area contributed by atoms with E-state index in [1.165, 1.54) is 0 Å². The predicted molar refractivity (Wildman–Crippen MR) is 77.9 cm³/mol. The van der Waals surface area contributed by atoms with Crippen molar-refractivity contribution >= 4 is 28.9 Å². The van der Waals surface area contributed by atoms with Gasteiger partial charge in [0.1, 0.15) is 0 Å². The van der Waals surface area contributed by atoms with E-state index in [4.69, 9.17) is 27.9 Å². The number of benzene rings is 1. The Morgan fingerprint density at radius 2 is 2.16 bits per heavy atom. The van der Waals surface area contributed by atoms with Gasteiger partial charge in [0.2, 0.25) is 0 Å². The van der Waals surface area contributed by atoms with Gasteiger partial charge in [-0.2, -0.15) is 5.10 Å². The summed E-state index contributed by atoms with van der Waals surface area (Å²) in [7, 11) is 1.67. The van der Waals surface area contributed by atoms with Crippen LogP contribution in [0.2, 0.25) is 10.0 Å². The van der Waals surface area contributed by atoms with Gasteiger partial charge in [0, 0.05) is 19.9 Å². The van der Waals surface area contributed by atoms with Crippen LogP contribution in [-0.4, -0.2) is 23.5 Å². The van der Waals surface area contributed by atoms with E-state index >= 15 is 0 Å². The Kier molecular flexibility index (Phi) is 5.07. The lowest BCUT2D eigenvalue weighted by atomic mass is 10.2. The molecule has 1 aromatic heterocycles. The van der Waals surface area contributed by atoms with Crippen LogP contribution < -0.4 is 5.32 Å². The second kappa shape index (κ2) is 6.80. The number of nitrogens with one attached hydrogen (secondary N) is 1. The van der Waals surface area contributed by atoms with Crippen LogP contribution in [0.15, 0.2) is 30.6 Å². The average molecular weight is 300 g/mol. The van der Waals surface area contributed by atoms with Crippen molar-refractivity contribution in [2.45, 2.75) is 13.1 Å². The molecule has 19 heavy (non-hydrogen) atoms. The number of anilines is 1. The summed E-state index contributed by atoms with van der Waals surface area (Å²) in [6, 6.07) is 5.59. The first-order valence-electron chi connectivity index (χ1n) is 5.88. The summed E-state index contributed by atoms with van der Waals surface area (Å²) in [5.41, 5.74) is 2.03. The molecule has 0 spiro atoms. The minimum Gasteiger partial charge on any atom is -0.383 e. The van der Waals surface area contributed by atoms with Crippen molar-refractivity contribution in [3.63, 3.8) is 0 Å². The summed E-state index contributed by atoms with van der Waals surface area (Å²) in [5, 5.41) is 8.64. The fraction of sp³-hybridized carbons (Fsp3) is 0.308. The highest BCUT2D eigenvalue weighted by atomic mass is 35.5. The lowest BCUT2D eigenvalue weighted by molar-refractivity contribution is 0.183. The van der Waals surface area contributed by atoms with Gasteiger partial charge < -0.3 is 10.1 Å². The summed E-state index contributed by atoms with van der Waals surface area (Å²) in [6.45, 7) is 2.06.